The number of aromatic nitrogens is 3. The number of nitrogens with zero attached hydrogens (tertiary/aromatic N) is 3. The molecular weight excluding hydrogens is 457 g/mol. The van der Waals surface area contributed by atoms with Crippen LogP contribution in [0.1, 0.15) is 11.3 Å². The number of hydrogen-bond donors (Lipinski definition) is 3. The van der Waals surface area contributed by atoms with Gasteiger partial charge < -0.3 is 9.84 Å². The summed E-state index contributed by atoms with van der Waals surface area (Å²) in [6, 6.07) is 12.5. The fourth-order valence-electron chi connectivity index (χ4n) is 3.04. The number of hydrogen-bond acceptors (Lipinski definition) is 7. The Labute approximate surface area is 191 Å². The zero-order valence-electron chi connectivity index (χ0n) is 16.7. The summed E-state index contributed by atoms with van der Waals surface area (Å²) in [7, 11) is 0. The van der Waals surface area contributed by atoms with Gasteiger partial charge in [0.25, 0.3) is 5.56 Å². The highest BCUT2D eigenvalue weighted by atomic mass is 35.5. The molecule has 11 heteroatoms. The van der Waals surface area contributed by atoms with E-state index in [1.807, 2.05) is 30.3 Å². The molecule has 0 amide bonds. The summed E-state index contributed by atoms with van der Waals surface area (Å²) in [6.07, 6.45) is 1.13. The Kier molecular flexibility index (Phi) is 6.13. The number of nitrogens with one attached hydrogen (secondary N) is 2. The van der Waals surface area contributed by atoms with Crippen LogP contribution in [0.15, 0.2) is 68.8 Å². The van der Waals surface area contributed by atoms with Gasteiger partial charge in [-0.3, -0.25) is 15.2 Å². The van der Waals surface area contributed by atoms with Crippen molar-refractivity contribution < 1.29 is 9.84 Å². The number of aryl methyl sites for hydroxylation is 1. The molecule has 1 aliphatic heterocycles. The number of aromatic amines is 1. The van der Waals surface area contributed by atoms with Crippen molar-refractivity contribution in [1.82, 2.24) is 20.2 Å². The van der Waals surface area contributed by atoms with Gasteiger partial charge in [0, 0.05) is 6.08 Å². The first-order chi connectivity index (χ1) is 15.3. The van der Waals surface area contributed by atoms with Crippen molar-refractivity contribution in [1.29, 1.82) is 0 Å². The lowest BCUT2D eigenvalue weighted by Crippen LogP contribution is -2.33. The summed E-state index contributed by atoms with van der Waals surface area (Å²) in [6.45, 7) is 1.47. The van der Waals surface area contributed by atoms with Crippen molar-refractivity contribution in [3.05, 3.63) is 96.3 Å². The Morgan fingerprint density at radius 3 is 2.53 bits per heavy atom. The van der Waals surface area contributed by atoms with Gasteiger partial charge in [-0.15, -0.1) is 5.10 Å². The van der Waals surface area contributed by atoms with Crippen LogP contribution in [0.4, 0.5) is 0 Å². The van der Waals surface area contributed by atoms with Gasteiger partial charge in [-0.05, 0) is 36.6 Å². The molecule has 0 saturated heterocycles. The van der Waals surface area contributed by atoms with E-state index in [0.29, 0.717) is 12.0 Å². The Bertz CT molecular complexity index is 1330. The predicted octanol–water partition coefficient (Wildman–Crippen LogP) is 2.32. The third-order valence-corrected chi connectivity index (χ3v) is 5.20. The third-order valence-electron chi connectivity index (χ3n) is 4.63. The van der Waals surface area contributed by atoms with E-state index in [4.69, 9.17) is 27.9 Å². The van der Waals surface area contributed by atoms with Gasteiger partial charge in [0.1, 0.15) is 5.69 Å². The highest BCUT2D eigenvalue weighted by Gasteiger charge is 2.20. The Hall–Kier alpha value is -3.40. The Morgan fingerprint density at radius 1 is 1.16 bits per heavy atom. The standard InChI is InChI=1S/C21H17Cl2N5O4/c1-11-19(29)24-21(31)28(27-11)14-9-15(22)18(16(23)10-14)32-17-8-13(20(30)26-25-17)7-12-5-3-2-4-6-12/h2-6,8-10,20,26,30H,7H2,1H3,(H,24,29,31). The summed E-state index contributed by atoms with van der Waals surface area (Å²) in [5.74, 6) is 0.256. The molecule has 1 atom stereocenters. The Morgan fingerprint density at radius 2 is 1.84 bits per heavy atom. The highest BCUT2D eigenvalue weighted by Crippen LogP contribution is 2.35. The first-order valence-corrected chi connectivity index (χ1v) is 10.2. The number of halogens is 2. The van der Waals surface area contributed by atoms with Crippen molar-refractivity contribution in [2.75, 3.05) is 0 Å². The monoisotopic (exact) mass is 473 g/mol. The quantitative estimate of drug-likeness (QED) is 0.534. The number of H-pyrrole nitrogens is 1. The summed E-state index contributed by atoms with van der Waals surface area (Å²) < 4.78 is 6.75. The average molecular weight is 474 g/mol. The van der Waals surface area contributed by atoms with Crippen molar-refractivity contribution in [3.63, 3.8) is 0 Å². The third kappa shape index (κ3) is 4.59. The largest absolute Gasteiger partial charge is 0.434 e. The maximum absolute atomic E-state index is 12.1. The SMILES string of the molecule is Cc1nn(-c2cc(Cl)c(OC3=NNC(O)C(Cc4ccccc4)=C3)c(Cl)c2)c(=O)[nH]c1=O. The molecule has 0 fully saturated rings. The van der Waals surface area contributed by atoms with E-state index >= 15 is 0 Å². The predicted molar refractivity (Wildman–Crippen MR) is 121 cm³/mol. The number of rotatable bonds is 4. The van der Waals surface area contributed by atoms with Crippen molar-refractivity contribution in [3.8, 4) is 11.4 Å². The molecule has 0 radical (unpaired) electrons. The molecule has 2 aromatic carbocycles. The van der Waals surface area contributed by atoms with Crippen molar-refractivity contribution in [2.24, 2.45) is 5.10 Å². The van der Waals surface area contributed by atoms with Crippen LogP contribution in [0.3, 0.4) is 0 Å². The van der Waals surface area contributed by atoms with Crippen LogP contribution < -0.4 is 21.4 Å². The van der Waals surface area contributed by atoms with Crippen LogP contribution in [0.25, 0.3) is 5.69 Å². The zero-order valence-corrected chi connectivity index (χ0v) is 18.2. The molecule has 1 aromatic heterocycles. The molecule has 0 aliphatic carbocycles. The molecule has 9 nitrogen and oxygen atoms in total. The van der Waals surface area contributed by atoms with Gasteiger partial charge >= 0.3 is 5.69 Å². The molecule has 2 heterocycles. The molecule has 3 N–H and O–H groups in total. The van der Waals surface area contributed by atoms with Gasteiger partial charge in [0.15, 0.2) is 12.0 Å². The van der Waals surface area contributed by atoms with E-state index < -0.39 is 17.5 Å². The topological polar surface area (TPSA) is 122 Å². The summed E-state index contributed by atoms with van der Waals surface area (Å²) in [5.41, 5.74) is 3.29. The van der Waals surface area contributed by atoms with E-state index in [-0.39, 0.29) is 33.1 Å². The molecule has 0 saturated carbocycles. The molecule has 32 heavy (non-hydrogen) atoms. The van der Waals surface area contributed by atoms with Crippen molar-refractivity contribution >= 4 is 29.1 Å². The van der Waals surface area contributed by atoms with E-state index in [0.717, 1.165) is 10.2 Å². The molecular formula is C21H17Cl2N5O4. The van der Waals surface area contributed by atoms with Crippen LogP contribution >= 0.6 is 23.2 Å². The number of aliphatic hydroxyl groups excluding tert-OH is 1. The van der Waals surface area contributed by atoms with Crippen molar-refractivity contribution in [2.45, 2.75) is 19.6 Å². The maximum atomic E-state index is 12.1. The van der Waals surface area contributed by atoms with Crippen LogP contribution in [-0.2, 0) is 6.42 Å². The van der Waals surface area contributed by atoms with Crippen LogP contribution in [-0.4, -0.2) is 32.0 Å². The van der Waals surface area contributed by atoms with Crippen LogP contribution in [0, 0.1) is 6.92 Å². The van der Waals surface area contributed by atoms with Crippen LogP contribution in [0.5, 0.6) is 5.75 Å². The first-order valence-electron chi connectivity index (χ1n) is 9.45. The highest BCUT2D eigenvalue weighted by molar-refractivity contribution is 6.37. The lowest BCUT2D eigenvalue weighted by atomic mass is 10.0. The van der Waals surface area contributed by atoms with Gasteiger partial charge in [-0.1, -0.05) is 53.5 Å². The first kappa shape index (κ1) is 21.8. The number of ether oxygens (including phenoxy) is 1. The second-order valence-electron chi connectivity index (χ2n) is 6.96. The number of hydrazone groups is 1. The number of aliphatic hydroxyl groups is 1. The summed E-state index contributed by atoms with van der Waals surface area (Å²) in [5, 5.41) is 18.3. The molecule has 4 rings (SSSR count). The molecule has 1 unspecified atom stereocenters. The second kappa shape index (κ2) is 8.99. The smallest absolute Gasteiger partial charge is 0.349 e. The minimum Gasteiger partial charge on any atom is -0.434 e. The maximum Gasteiger partial charge on any atom is 0.349 e. The summed E-state index contributed by atoms with van der Waals surface area (Å²) >= 11 is 12.7. The van der Waals surface area contributed by atoms with E-state index in [1.165, 1.54) is 19.1 Å². The van der Waals surface area contributed by atoms with Gasteiger partial charge in [0.05, 0.1) is 15.7 Å². The summed E-state index contributed by atoms with van der Waals surface area (Å²) in [4.78, 5) is 25.8. The minimum atomic E-state index is -0.961. The second-order valence-corrected chi connectivity index (χ2v) is 7.77. The minimum absolute atomic E-state index is 0.0943. The molecule has 0 spiro atoms. The van der Waals surface area contributed by atoms with Gasteiger partial charge in [0.2, 0.25) is 5.90 Å². The molecule has 1 aliphatic rings. The van der Waals surface area contributed by atoms with E-state index in [2.05, 4.69) is 20.6 Å². The number of benzene rings is 2. The molecule has 3 aromatic rings. The van der Waals surface area contributed by atoms with E-state index in [9.17, 15) is 14.7 Å². The lowest BCUT2D eigenvalue weighted by Gasteiger charge is -2.21. The fourth-order valence-corrected chi connectivity index (χ4v) is 3.59. The van der Waals surface area contributed by atoms with E-state index in [1.54, 1.807) is 6.08 Å². The normalized spacial score (nSPS) is 15.6. The van der Waals surface area contributed by atoms with Crippen LogP contribution in [0.2, 0.25) is 10.0 Å². The van der Waals surface area contributed by atoms with Gasteiger partial charge in [-0.2, -0.15) is 9.78 Å². The fraction of sp³-hybridized carbons (Fsp3) is 0.143. The zero-order chi connectivity index (χ0) is 22.8. The lowest BCUT2D eigenvalue weighted by molar-refractivity contribution is 0.168. The van der Waals surface area contributed by atoms with Gasteiger partial charge in [-0.25, -0.2) is 4.79 Å². The molecule has 0 bridgehead atoms. The average Bonchev–Trinajstić information content (AvgIpc) is 2.76. The molecule has 164 valence electrons. The Balaban J connectivity index is 1.62.